The van der Waals surface area contributed by atoms with Gasteiger partial charge in [-0.2, -0.15) is 0 Å². The van der Waals surface area contributed by atoms with E-state index in [1.807, 2.05) is 19.1 Å². The van der Waals surface area contributed by atoms with Crippen molar-refractivity contribution in [1.82, 2.24) is 4.98 Å². The van der Waals surface area contributed by atoms with Crippen LogP contribution in [0.3, 0.4) is 0 Å². The van der Waals surface area contributed by atoms with Crippen LogP contribution in [0.15, 0.2) is 36.7 Å². The molecule has 0 saturated carbocycles. The molecule has 2 N–H and O–H groups in total. The number of benzene rings is 1. The molecule has 0 fully saturated rings. The summed E-state index contributed by atoms with van der Waals surface area (Å²) in [6.45, 7) is 4.82. The minimum atomic E-state index is -0.229. The van der Waals surface area contributed by atoms with Crippen LogP contribution in [0, 0.1) is 6.92 Å². The van der Waals surface area contributed by atoms with Crippen LogP contribution < -0.4 is 10.6 Å². The molecule has 0 aliphatic carbocycles. The van der Waals surface area contributed by atoms with Crippen molar-refractivity contribution >= 4 is 28.9 Å². The van der Waals surface area contributed by atoms with Gasteiger partial charge in [-0.25, -0.2) is 0 Å². The third-order valence-corrected chi connectivity index (χ3v) is 3.32. The Morgan fingerprint density at radius 1 is 1.29 bits per heavy atom. The first-order valence-electron chi connectivity index (χ1n) is 6.87. The van der Waals surface area contributed by atoms with E-state index >= 15 is 0 Å². The molecule has 1 amide bonds. The Labute approximate surface area is 129 Å². The average Bonchev–Trinajstić information content (AvgIpc) is 2.48. The molecule has 1 aromatic heterocycles. The third kappa shape index (κ3) is 3.95. The Hall–Kier alpha value is -2.07. The number of amides is 1. The number of carbonyl (C=O) groups is 1. The molecule has 21 heavy (non-hydrogen) atoms. The standard InChI is InChI=1S/C16H18ClN3O/c1-3-7-19-14-6-8-18-10-12(14)16(21)20-15-5-4-11(2)9-13(15)17/h4-6,8-10H,3,7H2,1-2H3,(H,18,19)(H,20,21). The monoisotopic (exact) mass is 303 g/mol. The number of aryl methyl sites for hydroxylation is 1. The van der Waals surface area contributed by atoms with Crippen LogP contribution in [0.25, 0.3) is 0 Å². The van der Waals surface area contributed by atoms with Gasteiger partial charge in [-0.15, -0.1) is 0 Å². The molecule has 0 atom stereocenters. The van der Waals surface area contributed by atoms with Crippen molar-refractivity contribution < 1.29 is 4.79 Å². The summed E-state index contributed by atoms with van der Waals surface area (Å²) in [4.78, 5) is 16.4. The smallest absolute Gasteiger partial charge is 0.259 e. The van der Waals surface area contributed by atoms with Gasteiger partial charge in [0.05, 0.1) is 22.0 Å². The fourth-order valence-electron chi connectivity index (χ4n) is 1.90. The Morgan fingerprint density at radius 3 is 2.81 bits per heavy atom. The number of nitrogens with one attached hydrogen (secondary N) is 2. The van der Waals surface area contributed by atoms with Gasteiger partial charge >= 0.3 is 0 Å². The number of aromatic nitrogens is 1. The van der Waals surface area contributed by atoms with Crippen LogP contribution in [0.4, 0.5) is 11.4 Å². The van der Waals surface area contributed by atoms with E-state index in [4.69, 9.17) is 11.6 Å². The maximum Gasteiger partial charge on any atom is 0.259 e. The maximum absolute atomic E-state index is 12.4. The Balaban J connectivity index is 2.20. The molecular weight excluding hydrogens is 286 g/mol. The first-order chi connectivity index (χ1) is 10.1. The highest BCUT2D eigenvalue weighted by atomic mass is 35.5. The zero-order valence-corrected chi connectivity index (χ0v) is 12.9. The fraction of sp³-hybridized carbons (Fsp3) is 0.250. The Bertz CT molecular complexity index is 643. The average molecular weight is 304 g/mol. The van der Waals surface area contributed by atoms with Crippen LogP contribution in [-0.4, -0.2) is 17.4 Å². The number of hydrogen-bond acceptors (Lipinski definition) is 3. The molecule has 0 spiro atoms. The molecule has 2 rings (SSSR count). The minimum Gasteiger partial charge on any atom is -0.384 e. The van der Waals surface area contributed by atoms with E-state index in [-0.39, 0.29) is 5.91 Å². The lowest BCUT2D eigenvalue weighted by Crippen LogP contribution is -2.15. The number of halogens is 1. The Kier molecular flexibility index (Phi) is 5.17. The van der Waals surface area contributed by atoms with E-state index in [0.29, 0.717) is 16.3 Å². The molecule has 0 bridgehead atoms. The lowest BCUT2D eigenvalue weighted by molar-refractivity contribution is 0.102. The number of hydrogen-bond donors (Lipinski definition) is 2. The van der Waals surface area contributed by atoms with E-state index < -0.39 is 0 Å². The zero-order valence-electron chi connectivity index (χ0n) is 12.1. The van der Waals surface area contributed by atoms with Crippen LogP contribution in [-0.2, 0) is 0 Å². The predicted molar refractivity (Wildman–Crippen MR) is 87.2 cm³/mol. The van der Waals surface area contributed by atoms with Crippen LogP contribution in [0.2, 0.25) is 5.02 Å². The summed E-state index contributed by atoms with van der Waals surface area (Å²) in [7, 11) is 0. The second-order valence-electron chi connectivity index (χ2n) is 4.79. The first kappa shape index (κ1) is 15.3. The topological polar surface area (TPSA) is 54.0 Å². The van der Waals surface area contributed by atoms with Crippen molar-refractivity contribution in [2.75, 3.05) is 17.2 Å². The second kappa shape index (κ2) is 7.09. The van der Waals surface area contributed by atoms with Crippen molar-refractivity contribution in [1.29, 1.82) is 0 Å². The molecule has 0 aliphatic rings. The van der Waals surface area contributed by atoms with Gasteiger partial charge < -0.3 is 10.6 Å². The van der Waals surface area contributed by atoms with Crippen LogP contribution in [0.5, 0.6) is 0 Å². The molecular formula is C16H18ClN3O. The quantitative estimate of drug-likeness (QED) is 0.873. The molecule has 0 unspecified atom stereocenters. The lowest BCUT2D eigenvalue weighted by Gasteiger charge is -2.12. The number of carbonyl (C=O) groups excluding carboxylic acids is 1. The molecule has 5 heteroatoms. The number of pyridine rings is 1. The fourth-order valence-corrected chi connectivity index (χ4v) is 2.18. The highest BCUT2D eigenvalue weighted by Gasteiger charge is 2.13. The van der Waals surface area contributed by atoms with Crippen molar-refractivity contribution in [3.8, 4) is 0 Å². The summed E-state index contributed by atoms with van der Waals surface area (Å²) in [6, 6.07) is 7.31. The summed E-state index contributed by atoms with van der Waals surface area (Å²) in [5.41, 5.74) is 2.91. The van der Waals surface area contributed by atoms with E-state index in [1.54, 1.807) is 24.5 Å². The van der Waals surface area contributed by atoms with Gasteiger partial charge in [-0.3, -0.25) is 9.78 Å². The van der Waals surface area contributed by atoms with Gasteiger partial charge in [0.15, 0.2) is 0 Å². The summed E-state index contributed by atoms with van der Waals surface area (Å²) >= 11 is 6.14. The normalized spacial score (nSPS) is 10.2. The predicted octanol–water partition coefficient (Wildman–Crippen LogP) is 4.12. The van der Waals surface area contributed by atoms with Crippen molar-refractivity contribution in [3.63, 3.8) is 0 Å². The van der Waals surface area contributed by atoms with Gasteiger partial charge in [0.2, 0.25) is 0 Å². The van der Waals surface area contributed by atoms with Gasteiger partial charge in [0, 0.05) is 18.9 Å². The van der Waals surface area contributed by atoms with Gasteiger partial charge in [0.25, 0.3) is 5.91 Å². The number of anilines is 2. The molecule has 4 nitrogen and oxygen atoms in total. The van der Waals surface area contributed by atoms with E-state index in [2.05, 4.69) is 22.5 Å². The molecule has 110 valence electrons. The molecule has 0 radical (unpaired) electrons. The molecule has 0 aliphatic heterocycles. The number of rotatable bonds is 5. The third-order valence-electron chi connectivity index (χ3n) is 3.00. The van der Waals surface area contributed by atoms with E-state index in [0.717, 1.165) is 24.2 Å². The number of nitrogens with zero attached hydrogens (tertiary/aromatic N) is 1. The van der Waals surface area contributed by atoms with E-state index in [9.17, 15) is 4.79 Å². The zero-order chi connectivity index (χ0) is 15.2. The van der Waals surface area contributed by atoms with Crippen molar-refractivity contribution in [2.24, 2.45) is 0 Å². The van der Waals surface area contributed by atoms with Crippen molar-refractivity contribution in [2.45, 2.75) is 20.3 Å². The molecule has 1 heterocycles. The highest BCUT2D eigenvalue weighted by Crippen LogP contribution is 2.24. The minimum absolute atomic E-state index is 0.229. The summed E-state index contributed by atoms with van der Waals surface area (Å²) in [5, 5.41) is 6.56. The lowest BCUT2D eigenvalue weighted by atomic mass is 10.2. The Morgan fingerprint density at radius 2 is 2.10 bits per heavy atom. The highest BCUT2D eigenvalue weighted by molar-refractivity contribution is 6.34. The van der Waals surface area contributed by atoms with Crippen LogP contribution in [0.1, 0.15) is 29.3 Å². The second-order valence-corrected chi connectivity index (χ2v) is 5.19. The van der Waals surface area contributed by atoms with Gasteiger partial charge in [-0.05, 0) is 37.1 Å². The molecule has 2 aromatic rings. The first-order valence-corrected chi connectivity index (χ1v) is 7.25. The molecule has 0 saturated heterocycles. The summed E-state index contributed by atoms with van der Waals surface area (Å²) in [6.07, 6.45) is 4.19. The summed E-state index contributed by atoms with van der Waals surface area (Å²) < 4.78 is 0. The molecule has 1 aromatic carbocycles. The van der Waals surface area contributed by atoms with E-state index in [1.165, 1.54) is 0 Å². The van der Waals surface area contributed by atoms with Gasteiger partial charge in [-0.1, -0.05) is 24.6 Å². The maximum atomic E-state index is 12.4. The largest absolute Gasteiger partial charge is 0.384 e. The SMILES string of the molecule is CCCNc1ccncc1C(=O)Nc1ccc(C)cc1Cl. The van der Waals surface area contributed by atoms with Gasteiger partial charge in [0.1, 0.15) is 0 Å². The van der Waals surface area contributed by atoms with Crippen molar-refractivity contribution in [3.05, 3.63) is 52.8 Å². The summed E-state index contributed by atoms with van der Waals surface area (Å²) in [5.74, 6) is -0.229. The van der Waals surface area contributed by atoms with Crippen LogP contribution >= 0.6 is 11.6 Å².